The van der Waals surface area contributed by atoms with Gasteiger partial charge in [-0.2, -0.15) is 0 Å². The largest absolute Gasteiger partial charge is 0.481 e. The van der Waals surface area contributed by atoms with Crippen LogP contribution in [0.5, 0.6) is 0 Å². The highest BCUT2D eigenvalue weighted by atomic mass is 16.5. The predicted octanol–water partition coefficient (Wildman–Crippen LogP) is 3.86. The molecule has 0 saturated heterocycles. The number of hydrogen-bond acceptors (Lipinski definition) is 4. The van der Waals surface area contributed by atoms with E-state index >= 15 is 0 Å². The van der Waals surface area contributed by atoms with E-state index in [9.17, 15) is 14.7 Å². The molecule has 1 atom stereocenters. The third kappa shape index (κ3) is 4.17. The van der Waals surface area contributed by atoms with E-state index in [2.05, 4.69) is 34.6 Å². The molecule has 4 rings (SSSR count). The highest BCUT2D eigenvalue weighted by Crippen LogP contribution is 2.44. The molecule has 152 valence electrons. The van der Waals surface area contributed by atoms with E-state index in [1.54, 1.807) is 24.5 Å². The van der Waals surface area contributed by atoms with Crippen molar-refractivity contribution in [1.82, 2.24) is 10.3 Å². The van der Waals surface area contributed by atoms with Crippen molar-refractivity contribution in [3.8, 4) is 11.1 Å². The van der Waals surface area contributed by atoms with Gasteiger partial charge in [-0.3, -0.25) is 9.78 Å². The van der Waals surface area contributed by atoms with Crippen molar-refractivity contribution in [3.05, 3.63) is 89.7 Å². The van der Waals surface area contributed by atoms with Gasteiger partial charge >= 0.3 is 12.1 Å². The number of carbonyl (C=O) groups is 2. The lowest BCUT2D eigenvalue weighted by Gasteiger charge is -2.16. The second kappa shape index (κ2) is 8.78. The zero-order chi connectivity index (χ0) is 20.9. The minimum absolute atomic E-state index is 0.00562. The van der Waals surface area contributed by atoms with Crippen molar-refractivity contribution in [2.45, 2.75) is 12.3 Å². The molecule has 1 aliphatic rings. The standard InChI is InChI=1S/C24H22N2O4/c27-23(28)17(13-16-9-11-25-12-10-16)14-26-24(29)30-15-22-20-7-3-1-5-18(20)19-6-2-4-8-21(19)22/h1-12,17,22H,13-15H2,(H,26,29)(H,27,28). The Morgan fingerprint density at radius 1 is 0.967 bits per heavy atom. The van der Waals surface area contributed by atoms with Crippen molar-refractivity contribution < 1.29 is 19.4 Å². The summed E-state index contributed by atoms with van der Waals surface area (Å²) >= 11 is 0. The quantitative estimate of drug-likeness (QED) is 0.626. The van der Waals surface area contributed by atoms with Crippen molar-refractivity contribution in [2.24, 2.45) is 5.92 Å². The van der Waals surface area contributed by atoms with Gasteiger partial charge in [0.2, 0.25) is 0 Å². The van der Waals surface area contributed by atoms with E-state index in [0.29, 0.717) is 6.42 Å². The molecule has 2 N–H and O–H groups in total. The molecule has 0 spiro atoms. The normalized spacial score (nSPS) is 13.2. The molecule has 0 radical (unpaired) electrons. The number of fused-ring (bicyclic) bond motifs is 3. The average molecular weight is 402 g/mol. The van der Waals surface area contributed by atoms with Crippen molar-refractivity contribution >= 4 is 12.1 Å². The summed E-state index contributed by atoms with van der Waals surface area (Å²) in [5, 5.41) is 12.1. The fourth-order valence-electron chi connectivity index (χ4n) is 3.91. The van der Waals surface area contributed by atoms with E-state index < -0.39 is 18.0 Å². The van der Waals surface area contributed by atoms with Crippen LogP contribution < -0.4 is 5.32 Å². The number of rotatable bonds is 7. The topological polar surface area (TPSA) is 88.5 Å². The number of carboxylic acid groups (broad SMARTS) is 1. The number of aliphatic carboxylic acids is 1. The number of aromatic nitrogens is 1. The maximum atomic E-state index is 12.3. The van der Waals surface area contributed by atoms with E-state index in [1.807, 2.05) is 24.3 Å². The van der Waals surface area contributed by atoms with Gasteiger partial charge in [0, 0.05) is 24.9 Å². The number of nitrogens with one attached hydrogen (secondary N) is 1. The fourth-order valence-corrected chi connectivity index (χ4v) is 3.91. The van der Waals surface area contributed by atoms with Crippen LogP contribution in [0.4, 0.5) is 4.79 Å². The van der Waals surface area contributed by atoms with Crippen LogP contribution in [0.1, 0.15) is 22.6 Å². The molecule has 1 heterocycles. The third-order valence-electron chi connectivity index (χ3n) is 5.42. The van der Waals surface area contributed by atoms with Crippen LogP contribution >= 0.6 is 0 Å². The summed E-state index contributed by atoms with van der Waals surface area (Å²) in [6.07, 6.45) is 2.93. The van der Waals surface area contributed by atoms with Crippen LogP contribution in [0.2, 0.25) is 0 Å². The van der Waals surface area contributed by atoms with Gasteiger partial charge in [0.1, 0.15) is 6.61 Å². The molecule has 6 heteroatoms. The zero-order valence-electron chi connectivity index (χ0n) is 16.3. The molecule has 2 aromatic carbocycles. The van der Waals surface area contributed by atoms with Gasteiger partial charge in [-0.15, -0.1) is 0 Å². The maximum absolute atomic E-state index is 12.3. The van der Waals surface area contributed by atoms with Crippen LogP contribution in [-0.4, -0.2) is 35.3 Å². The van der Waals surface area contributed by atoms with Gasteiger partial charge < -0.3 is 15.2 Å². The number of ether oxygens (including phenoxy) is 1. The minimum atomic E-state index is -0.967. The minimum Gasteiger partial charge on any atom is -0.481 e. The lowest BCUT2D eigenvalue weighted by molar-refractivity contribution is -0.141. The molecule has 1 aliphatic carbocycles. The summed E-state index contributed by atoms with van der Waals surface area (Å²) in [5.74, 6) is -1.74. The SMILES string of the molecule is O=C(NCC(Cc1ccncc1)C(=O)O)OCC1c2ccccc2-c2ccccc21. The second-order valence-corrected chi connectivity index (χ2v) is 7.30. The predicted molar refractivity (Wildman–Crippen MR) is 112 cm³/mol. The number of alkyl carbamates (subject to hydrolysis) is 1. The third-order valence-corrected chi connectivity index (χ3v) is 5.42. The molecule has 1 aromatic heterocycles. The second-order valence-electron chi connectivity index (χ2n) is 7.30. The molecule has 0 bridgehead atoms. The first-order valence-electron chi connectivity index (χ1n) is 9.84. The first-order chi connectivity index (χ1) is 14.6. The Morgan fingerprint density at radius 3 is 2.17 bits per heavy atom. The summed E-state index contributed by atoms with van der Waals surface area (Å²) in [5.41, 5.74) is 5.43. The molecule has 1 unspecified atom stereocenters. The highest BCUT2D eigenvalue weighted by Gasteiger charge is 2.29. The molecule has 3 aromatic rings. The first-order valence-corrected chi connectivity index (χ1v) is 9.84. The van der Waals surface area contributed by atoms with Crippen LogP contribution in [0, 0.1) is 5.92 Å². The average Bonchev–Trinajstić information content (AvgIpc) is 3.09. The Labute approximate surface area is 174 Å². The van der Waals surface area contributed by atoms with Crippen LogP contribution in [0.15, 0.2) is 73.1 Å². The van der Waals surface area contributed by atoms with Crippen molar-refractivity contribution in [1.29, 1.82) is 0 Å². The number of carboxylic acids is 1. The van der Waals surface area contributed by atoms with Crippen LogP contribution in [0.3, 0.4) is 0 Å². The number of benzene rings is 2. The Hall–Kier alpha value is -3.67. The van der Waals surface area contributed by atoms with Crippen molar-refractivity contribution in [2.75, 3.05) is 13.2 Å². The van der Waals surface area contributed by atoms with Gasteiger partial charge in [-0.25, -0.2) is 4.79 Å². The van der Waals surface area contributed by atoms with Gasteiger partial charge in [0.15, 0.2) is 0 Å². The molecule has 0 aliphatic heterocycles. The molecule has 0 saturated carbocycles. The first kappa shape index (κ1) is 19.6. The van der Waals surface area contributed by atoms with Gasteiger partial charge in [-0.05, 0) is 46.4 Å². The Balaban J connectivity index is 1.36. The summed E-state index contributed by atoms with van der Waals surface area (Å²) < 4.78 is 5.47. The van der Waals surface area contributed by atoms with Gasteiger partial charge in [0.25, 0.3) is 0 Å². The highest BCUT2D eigenvalue weighted by molar-refractivity contribution is 5.79. The lowest BCUT2D eigenvalue weighted by atomic mass is 9.98. The van der Waals surface area contributed by atoms with Gasteiger partial charge in [-0.1, -0.05) is 48.5 Å². The molecule has 0 fully saturated rings. The van der Waals surface area contributed by atoms with E-state index in [-0.39, 0.29) is 19.1 Å². The number of nitrogens with zero attached hydrogens (tertiary/aromatic N) is 1. The number of carbonyl (C=O) groups excluding carboxylic acids is 1. The van der Waals surface area contributed by atoms with Crippen LogP contribution in [-0.2, 0) is 16.0 Å². The smallest absolute Gasteiger partial charge is 0.407 e. The molecular weight excluding hydrogens is 380 g/mol. The maximum Gasteiger partial charge on any atom is 0.407 e. The zero-order valence-corrected chi connectivity index (χ0v) is 16.3. The molecule has 6 nitrogen and oxygen atoms in total. The Morgan fingerprint density at radius 2 is 1.57 bits per heavy atom. The van der Waals surface area contributed by atoms with E-state index in [0.717, 1.165) is 27.8 Å². The summed E-state index contributed by atoms with van der Waals surface area (Å²) in [7, 11) is 0. The fraction of sp³-hybridized carbons (Fsp3) is 0.208. The molecular formula is C24H22N2O4. The number of hydrogen-bond donors (Lipinski definition) is 2. The van der Waals surface area contributed by atoms with Gasteiger partial charge in [0.05, 0.1) is 5.92 Å². The summed E-state index contributed by atoms with van der Waals surface area (Å²) in [6, 6.07) is 19.7. The number of pyridine rings is 1. The summed E-state index contributed by atoms with van der Waals surface area (Å²) in [4.78, 5) is 27.7. The Kier molecular flexibility index (Phi) is 5.75. The molecule has 30 heavy (non-hydrogen) atoms. The van der Waals surface area contributed by atoms with Crippen molar-refractivity contribution in [3.63, 3.8) is 0 Å². The molecule has 1 amide bonds. The summed E-state index contributed by atoms with van der Waals surface area (Å²) in [6.45, 7) is 0.191. The number of amides is 1. The van der Waals surface area contributed by atoms with E-state index in [1.165, 1.54) is 0 Å². The Bertz CT molecular complexity index is 1010. The lowest BCUT2D eigenvalue weighted by Crippen LogP contribution is -2.35. The van der Waals surface area contributed by atoms with E-state index in [4.69, 9.17) is 4.74 Å². The monoisotopic (exact) mass is 402 g/mol. The van der Waals surface area contributed by atoms with Crippen LogP contribution in [0.25, 0.3) is 11.1 Å².